The standard InChI is InChI=1S/C29H39NO9.C6H8O7.37CH4/c1-27(2,33)8-5-10-29(34,16-23(31)36-4)26(32)39-25-22(35-3)15-28-9-6-11-30(28)12-7-18-13-20-21(38-17-37-20)14-19(18)24(25)28;7-3(8)1-6(13,5(11)12)2-4(9)10;;;;;;;;;;;;;;;;;;;;;;;;;;;;;;;;;;;;;/h13-15,24-25,33-34H,5-12,16-17H2,1-4H3;13H,1-2H2,(H,7,8)(H,9,10)(H,11,12);37*1H4/p-1/t24-,25-,28+,29+;;;;;;;;;;;;;;;;;;;;;;;;;;;;;;;;;;;;;;/m1....................................../s1. The van der Waals surface area contributed by atoms with Crippen LogP contribution in [0, 0.1) is 0 Å². The Kier molecular flexibility index (Phi) is 239. The first kappa shape index (κ1) is 231. The van der Waals surface area contributed by atoms with E-state index in [-0.39, 0.29) is 294 Å². The minimum atomic E-state index is -2.85. The maximum atomic E-state index is 13.8. The minimum Gasteiger partial charge on any atom is -0.547 e. The number of aliphatic carboxylic acids is 3. The Labute approximate surface area is 572 Å². The lowest BCUT2D eigenvalue weighted by molar-refractivity contribution is -0.325. The highest BCUT2D eigenvalue weighted by atomic mass is 16.7. The number of esters is 2. The van der Waals surface area contributed by atoms with Gasteiger partial charge in [-0.05, 0) is 88.3 Å². The lowest BCUT2D eigenvalue weighted by atomic mass is 9.77. The van der Waals surface area contributed by atoms with Crippen molar-refractivity contribution in [1.82, 2.24) is 4.90 Å². The first-order valence-electron chi connectivity index (χ1n) is 16.8. The fraction of sp³-hybridized carbons (Fsp3) is 0.819. The van der Waals surface area contributed by atoms with E-state index in [4.69, 9.17) is 39.0 Å². The number of carbonyl (C=O) groups excluding carboxylic acids is 3. The van der Waals surface area contributed by atoms with Crippen LogP contribution >= 0.6 is 0 Å². The number of aliphatic hydroxyl groups is 3. The Bertz CT molecular complexity index is 1580. The van der Waals surface area contributed by atoms with Crippen molar-refractivity contribution in [3.8, 4) is 11.5 Å². The van der Waals surface area contributed by atoms with Crippen molar-refractivity contribution in [2.24, 2.45) is 0 Å². The van der Waals surface area contributed by atoms with Gasteiger partial charge in [0.1, 0.15) is 11.4 Å². The van der Waals surface area contributed by atoms with Crippen LogP contribution in [-0.4, -0.2) is 123 Å². The molecule has 1 spiro atoms. The van der Waals surface area contributed by atoms with Gasteiger partial charge in [0, 0.05) is 6.54 Å². The third-order valence-corrected chi connectivity index (χ3v) is 9.89. The van der Waals surface area contributed by atoms with Crippen LogP contribution in [0.1, 0.15) is 357 Å². The van der Waals surface area contributed by atoms with Gasteiger partial charge in [0.2, 0.25) is 6.79 Å². The molecule has 0 bridgehead atoms. The van der Waals surface area contributed by atoms with Gasteiger partial charge in [-0.3, -0.25) is 19.3 Å². The number of hydrogen-bond donors (Lipinski definition) is 5. The molecule has 0 amide bonds. The zero-order valence-corrected chi connectivity index (χ0v) is 29.5. The first-order chi connectivity index (χ1) is 24.3. The number of methoxy groups -OCH3 is 2. The van der Waals surface area contributed by atoms with E-state index in [1.54, 1.807) is 21.0 Å². The molecule has 1 aromatic carbocycles. The molecular weight excluding hydrogens is 1130 g/mol. The van der Waals surface area contributed by atoms with Crippen LogP contribution in [0.25, 0.3) is 0 Å². The summed E-state index contributed by atoms with van der Waals surface area (Å²) in [5.41, 5.74) is -4.27. The Morgan fingerprint density at radius 1 is 0.562 bits per heavy atom. The fourth-order valence-corrected chi connectivity index (χ4v) is 7.41. The van der Waals surface area contributed by atoms with Gasteiger partial charge in [-0.1, -0.05) is 275 Å². The van der Waals surface area contributed by atoms with E-state index >= 15 is 0 Å². The lowest BCUT2D eigenvalue weighted by Gasteiger charge is -2.39. The van der Waals surface area contributed by atoms with E-state index in [2.05, 4.69) is 11.0 Å². The number of benzene rings is 1. The van der Waals surface area contributed by atoms with Crippen molar-refractivity contribution < 1.29 is 78.3 Å². The largest absolute Gasteiger partial charge is 0.547 e. The third kappa shape index (κ3) is 53.9. The van der Waals surface area contributed by atoms with Crippen LogP contribution in [0.3, 0.4) is 0 Å². The van der Waals surface area contributed by atoms with Crippen LogP contribution < -0.4 is 14.6 Å². The predicted octanol–water partition coefficient (Wildman–Crippen LogP) is 23.5. The second-order valence-corrected chi connectivity index (χ2v) is 14.2. The van der Waals surface area contributed by atoms with E-state index in [1.165, 1.54) is 7.11 Å². The molecule has 89 heavy (non-hydrogen) atoms. The second-order valence-electron chi connectivity index (χ2n) is 14.2. The summed E-state index contributed by atoms with van der Waals surface area (Å²) in [6, 6.07) is 4.00. The topological polar surface area (TPSA) is 259 Å². The van der Waals surface area contributed by atoms with Gasteiger partial charge in [0.25, 0.3) is 0 Å². The number of carbonyl (C=O) groups is 5. The van der Waals surface area contributed by atoms with Crippen molar-refractivity contribution in [2.75, 3.05) is 34.1 Å². The second kappa shape index (κ2) is 92.3. The average Bonchev–Trinajstić information content (AvgIpc) is 3.73. The van der Waals surface area contributed by atoms with Gasteiger partial charge in [-0.15, -0.1) is 0 Å². The molecule has 0 saturated carbocycles. The highest BCUT2D eigenvalue weighted by Gasteiger charge is 2.59. The summed E-state index contributed by atoms with van der Waals surface area (Å²) in [6.45, 7) is 5.21. The highest BCUT2D eigenvalue weighted by Crippen LogP contribution is 2.55. The summed E-state index contributed by atoms with van der Waals surface area (Å²) >= 11 is 0. The smallest absolute Gasteiger partial charge is 0.339 e. The molecule has 17 nitrogen and oxygen atoms in total. The number of ether oxygens (including phenoxy) is 5. The predicted molar refractivity (Wildman–Crippen MR) is 423 cm³/mol. The molecule has 17 heteroatoms. The van der Waals surface area contributed by atoms with Crippen LogP contribution in [0.5, 0.6) is 11.5 Å². The van der Waals surface area contributed by atoms with Gasteiger partial charge in [0.05, 0.1) is 56.5 Å². The van der Waals surface area contributed by atoms with Gasteiger partial charge in [-0.25, -0.2) is 4.79 Å². The van der Waals surface area contributed by atoms with E-state index in [0.717, 1.165) is 43.5 Å². The summed E-state index contributed by atoms with van der Waals surface area (Å²) in [6.07, 6.45) is 1.53. The monoisotopic (exact) mass is 1330 g/mol. The van der Waals surface area contributed by atoms with E-state index in [0.29, 0.717) is 30.1 Å². The maximum absolute atomic E-state index is 13.8. The maximum Gasteiger partial charge on any atom is 0.339 e. The van der Waals surface area contributed by atoms with Crippen molar-refractivity contribution in [3.63, 3.8) is 0 Å². The number of nitrogens with zero attached hydrogens (tertiary/aromatic N) is 1. The molecule has 0 radical (unpaired) electrons. The number of hydrogen-bond acceptors (Lipinski definition) is 15. The summed E-state index contributed by atoms with van der Waals surface area (Å²) in [5.74, 6) is -5.41. The van der Waals surface area contributed by atoms with Crippen LogP contribution in [-0.2, 0) is 44.6 Å². The van der Waals surface area contributed by atoms with E-state index in [1.807, 2.05) is 12.1 Å². The Morgan fingerprint density at radius 2 is 0.933 bits per heavy atom. The quantitative estimate of drug-likeness (QED) is 0.108. The molecule has 584 valence electrons. The van der Waals surface area contributed by atoms with Gasteiger partial charge in [-0.2, -0.15) is 0 Å². The van der Waals surface area contributed by atoms with E-state index < -0.39 is 77.6 Å². The molecule has 5 N–H and O–H groups in total. The van der Waals surface area contributed by atoms with Gasteiger partial charge >= 0.3 is 23.9 Å². The first-order valence-corrected chi connectivity index (χ1v) is 16.8. The minimum absolute atomic E-state index is 0. The molecule has 5 rings (SSSR count). The summed E-state index contributed by atoms with van der Waals surface area (Å²) in [5, 5.41) is 57.2. The summed E-state index contributed by atoms with van der Waals surface area (Å²) < 4.78 is 28.1. The molecule has 1 fully saturated rings. The van der Waals surface area contributed by atoms with Crippen molar-refractivity contribution >= 4 is 29.8 Å². The molecule has 4 atom stereocenters. The molecule has 0 aromatic heterocycles. The number of fused-ring (bicyclic) bond motifs is 3. The summed E-state index contributed by atoms with van der Waals surface area (Å²) in [4.78, 5) is 58.7. The number of rotatable bonds is 14. The molecule has 0 unspecified atom stereocenters. The Morgan fingerprint density at radius 3 is 1.26 bits per heavy atom. The lowest BCUT2D eigenvalue weighted by Crippen LogP contribution is -2.51. The zero-order chi connectivity index (χ0) is 38.6. The molecule has 1 saturated heterocycles. The van der Waals surface area contributed by atoms with E-state index in [9.17, 15) is 39.3 Å². The number of carboxylic acids is 3. The molecule has 3 aliphatic heterocycles. The van der Waals surface area contributed by atoms with Crippen LogP contribution in [0.15, 0.2) is 24.0 Å². The number of carboxylic acid groups (broad SMARTS) is 3. The summed E-state index contributed by atoms with van der Waals surface area (Å²) in [7, 11) is 2.76. The van der Waals surface area contributed by atoms with Crippen molar-refractivity contribution in [3.05, 3.63) is 35.1 Å². The molecule has 1 aliphatic carbocycles. The molecule has 3 heterocycles. The zero-order valence-electron chi connectivity index (χ0n) is 29.5. The average molecular weight is 1330 g/mol. The molecule has 4 aliphatic rings. The highest BCUT2D eigenvalue weighted by molar-refractivity contribution is 5.87. The Hall–Kier alpha value is -4.45. The van der Waals surface area contributed by atoms with Gasteiger partial charge in [0.15, 0.2) is 23.2 Å². The normalized spacial score (nSPS) is 13.4. The fourth-order valence-electron chi connectivity index (χ4n) is 7.41. The van der Waals surface area contributed by atoms with Crippen LogP contribution in [0.2, 0.25) is 0 Å². The third-order valence-electron chi connectivity index (χ3n) is 9.89. The van der Waals surface area contributed by atoms with Crippen molar-refractivity contribution in [1.29, 1.82) is 0 Å². The van der Waals surface area contributed by atoms with Crippen molar-refractivity contribution in [2.45, 2.75) is 381 Å². The van der Waals surface area contributed by atoms with Crippen LogP contribution in [0.4, 0.5) is 0 Å². The molecular formula is C72H194NO16-. The Balaban J connectivity index is -0.0000000175. The van der Waals surface area contributed by atoms with Gasteiger partial charge < -0.3 is 59.1 Å². The SMILES string of the molecule is C.C.C.C.C.C.C.C.C.C.C.C.C.C.C.C.C.C.C.C.C.C.C.C.C.C.C.C.C.C.C.C.C.C.C.C.C.COC(=O)C[C@@](O)(CCCC(C)(C)O)C(=O)O[C@@H]1C(OC)=C[C@]23CCCN2CCc2cc4c(cc2[C@H]13)OCO4.O=C(O)CC(O)(CC(=O)O)C(=O)[O-]. The molecule has 1 aromatic rings.